The van der Waals surface area contributed by atoms with Gasteiger partial charge in [-0.2, -0.15) is 5.26 Å². The quantitative estimate of drug-likeness (QED) is 0.830. The Kier molecular flexibility index (Phi) is 4.95. The molecule has 0 aliphatic carbocycles. The zero-order chi connectivity index (χ0) is 13.7. The van der Waals surface area contributed by atoms with Gasteiger partial charge in [0, 0.05) is 38.8 Å². The first kappa shape index (κ1) is 14.0. The molecule has 0 amide bonds. The topological polar surface area (TPSA) is 30.3 Å². The number of piperazine rings is 1. The van der Waals surface area contributed by atoms with Crippen LogP contribution in [0.2, 0.25) is 0 Å². The van der Waals surface area contributed by atoms with E-state index in [-0.39, 0.29) is 0 Å². The van der Waals surface area contributed by atoms with Gasteiger partial charge in [-0.3, -0.25) is 9.80 Å². The molecule has 0 bridgehead atoms. The first-order valence-corrected chi connectivity index (χ1v) is 7.18. The number of rotatable bonds is 4. The number of nitrogens with zero attached hydrogens (tertiary/aromatic N) is 3. The Morgan fingerprint density at radius 2 is 1.79 bits per heavy atom. The van der Waals surface area contributed by atoms with Crippen molar-refractivity contribution in [1.29, 1.82) is 5.26 Å². The molecule has 1 unspecified atom stereocenters. The third kappa shape index (κ3) is 3.79. The Balaban J connectivity index is 1.83. The zero-order valence-electron chi connectivity index (χ0n) is 12.0. The van der Waals surface area contributed by atoms with E-state index in [1.807, 2.05) is 12.1 Å². The minimum atomic E-state index is 0.706. The Hall–Kier alpha value is -1.37. The van der Waals surface area contributed by atoms with Gasteiger partial charge in [-0.25, -0.2) is 0 Å². The molecule has 0 spiro atoms. The van der Waals surface area contributed by atoms with Gasteiger partial charge in [-0.05, 0) is 31.0 Å². The van der Waals surface area contributed by atoms with Crippen LogP contribution in [-0.4, -0.2) is 42.0 Å². The summed E-state index contributed by atoms with van der Waals surface area (Å²) in [5, 5.41) is 8.79. The fraction of sp³-hybridized carbons (Fsp3) is 0.562. The monoisotopic (exact) mass is 257 g/mol. The lowest BCUT2D eigenvalue weighted by atomic mass is 10.1. The van der Waals surface area contributed by atoms with Crippen molar-refractivity contribution in [1.82, 2.24) is 9.80 Å². The molecule has 3 nitrogen and oxygen atoms in total. The number of nitriles is 1. The molecule has 1 heterocycles. The third-order valence-corrected chi connectivity index (χ3v) is 4.11. The summed E-state index contributed by atoms with van der Waals surface area (Å²) < 4.78 is 0. The van der Waals surface area contributed by atoms with Crippen LogP contribution in [0.3, 0.4) is 0 Å². The van der Waals surface area contributed by atoms with Crippen LogP contribution >= 0.6 is 0 Å². The second kappa shape index (κ2) is 6.70. The molecule has 0 N–H and O–H groups in total. The average molecular weight is 257 g/mol. The van der Waals surface area contributed by atoms with Crippen LogP contribution < -0.4 is 0 Å². The molecule has 1 atom stereocenters. The second-order valence-electron chi connectivity index (χ2n) is 5.38. The summed E-state index contributed by atoms with van der Waals surface area (Å²) in [4.78, 5) is 5.08. The summed E-state index contributed by atoms with van der Waals surface area (Å²) in [7, 11) is 0. The summed E-state index contributed by atoms with van der Waals surface area (Å²) in [6, 6.07) is 10.8. The van der Waals surface area contributed by atoms with Crippen LogP contribution in [0.15, 0.2) is 24.3 Å². The van der Waals surface area contributed by atoms with E-state index in [1.165, 1.54) is 25.1 Å². The fourth-order valence-corrected chi connectivity index (χ4v) is 2.56. The lowest BCUT2D eigenvalue weighted by molar-refractivity contribution is 0.0964. The van der Waals surface area contributed by atoms with Crippen LogP contribution in [0.1, 0.15) is 31.4 Å². The molecule has 0 radical (unpaired) electrons. The van der Waals surface area contributed by atoms with Gasteiger partial charge in [0.15, 0.2) is 0 Å². The van der Waals surface area contributed by atoms with E-state index in [4.69, 9.17) is 5.26 Å². The van der Waals surface area contributed by atoms with Gasteiger partial charge in [0.05, 0.1) is 11.6 Å². The fourth-order valence-electron chi connectivity index (χ4n) is 2.56. The second-order valence-corrected chi connectivity index (χ2v) is 5.38. The predicted octanol–water partition coefficient (Wildman–Crippen LogP) is 2.47. The predicted molar refractivity (Wildman–Crippen MR) is 77.8 cm³/mol. The van der Waals surface area contributed by atoms with Crippen LogP contribution in [-0.2, 0) is 6.54 Å². The lowest BCUT2D eigenvalue weighted by Crippen LogP contribution is -2.48. The van der Waals surface area contributed by atoms with E-state index >= 15 is 0 Å². The molecular weight excluding hydrogens is 234 g/mol. The van der Waals surface area contributed by atoms with E-state index in [0.717, 1.165) is 25.2 Å². The number of hydrogen-bond acceptors (Lipinski definition) is 3. The molecule has 1 saturated heterocycles. The molecule has 102 valence electrons. The van der Waals surface area contributed by atoms with E-state index < -0.39 is 0 Å². The normalized spacial score (nSPS) is 19.0. The van der Waals surface area contributed by atoms with Crippen molar-refractivity contribution >= 4 is 0 Å². The SMILES string of the molecule is CCC(C)N1CCN(Cc2ccc(C#N)cc2)CC1. The molecule has 1 aromatic rings. The van der Waals surface area contributed by atoms with Gasteiger partial charge < -0.3 is 0 Å². The molecule has 0 aromatic heterocycles. The summed E-state index contributed by atoms with van der Waals surface area (Å²) in [5.41, 5.74) is 2.04. The number of hydrogen-bond donors (Lipinski definition) is 0. The van der Waals surface area contributed by atoms with Gasteiger partial charge in [-0.15, -0.1) is 0 Å². The summed E-state index contributed by atoms with van der Waals surface area (Å²) in [6.45, 7) is 10.2. The van der Waals surface area contributed by atoms with Crippen molar-refractivity contribution in [2.75, 3.05) is 26.2 Å². The van der Waals surface area contributed by atoms with Crippen LogP contribution in [0.5, 0.6) is 0 Å². The van der Waals surface area contributed by atoms with Gasteiger partial charge in [0.1, 0.15) is 0 Å². The molecule has 0 saturated carbocycles. The first-order chi connectivity index (χ1) is 9.22. The molecule has 1 aromatic carbocycles. The summed E-state index contributed by atoms with van der Waals surface area (Å²) in [6.07, 6.45) is 1.23. The van der Waals surface area contributed by atoms with Gasteiger partial charge in [0.2, 0.25) is 0 Å². The summed E-state index contributed by atoms with van der Waals surface area (Å²) >= 11 is 0. The smallest absolute Gasteiger partial charge is 0.0991 e. The van der Waals surface area contributed by atoms with E-state index in [9.17, 15) is 0 Å². The standard InChI is InChI=1S/C16H23N3/c1-3-14(2)19-10-8-18(9-11-19)13-16-6-4-15(12-17)5-7-16/h4-7,14H,3,8-11,13H2,1-2H3. The summed E-state index contributed by atoms with van der Waals surface area (Å²) in [5.74, 6) is 0. The maximum Gasteiger partial charge on any atom is 0.0991 e. The lowest BCUT2D eigenvalue weighted by Gasteiger charge is -2.37. The Labute approximate surface area is 116 Å². The largest absolute Gasteiger partial charge is 0.298 e. The van der Waals surface area contributed by atoms with E-state index in [1.54, 1.807) is 0 Å². The maximum absolute atomic E-state index is 8.79. The van der Waals surface area contributed by atoms with Crippen molar-refractivity contribution < 1.29 is 0 Å². The van der Waals surface area contributed by atoms with Crippen molar-refractivity contribution in [3.63, 3.8) is 0 Å². The van der Waals surface area contributed by atoms with E-state index in [2.05, 4.69) is 41.8 Å². The Morgan fingerprint density at radius 1 is 1.16 bits per heavy atom. The van der Waals surface area contributed by atoms with Crippen molar-refractivity contribution in [2.24, 2.45) is 0 Å². The van der Waals surface area contributed by atoms with Crippen molar-refractivity contribution in [2.45, 2.75) is 32.9 Å². The Morgan fingerprint density at radius 3 is 2.32 bits per heavy atom. The third-order valence-electron chi connectivity index (χ3n) is 4.11. The Bertz CT molecular complexity index is 424. The molecule has 1 aliphatic rings. The van der Waals surface area contributed by atoms with Crippen LogP contribution in [0.4, 0.5) is 0 Å². The highest BCUT2D eigenvalue weighted by atomic mass is 15.3. The van der Waals surface area contributed by atoms with Gasteiger partial charge >= 0.3 is 0 Å². The van der Waals surface area contributed by atoms with Gasteiger partial charge in [0.25, 0.3) is 0 Å². The number of benzene rings is 1. The minimum Gasteiger partial charge on any atom is -0.298 e. The van der Waals surface area contributed by atoms with Crippen molar-refractivity contribution in [3.05, 3.63) is 35.4 Å². The van der Waals surface area contributed by atoms with Crippen LogP contribution in [0.25, 0.3) is 0 Å². The van der Waals surface area contributed by atoms with Crippen LogP contribution in [0, 0.1) is 11.3 Å². The highest BCUT2D eigenvalue weighted by Gasteiger charge is 2.19. The highest BCUT2D eigenvalue weighted by Crippen LogP contribution is 2.12. The molecule has 2 rings (SSSR count). The highest BCUT2D eigenvalue weighted by molar-refractivity contribution is 5.31. The zero-order valence-corrected chi connectivity index (χ0v) is 12.0. The first-order valence-electron chi connectivity index (χ1n) is 7.18. The van der Waals surface area contributed by atoms with Gasteiger partial charge in [-0.1, -0.05) is 19.1 Å². The molecule has 19 heavy (non-hydrogen) atoms. The van der Waals surface area contributed by atoms with Crippen molar-refractivity contribution in [3.8, 4) is 6.07 Å². The average Bonchev–Trinajstić information content (AvgIpc) is 2.48. The maximum atomic E-state index is 8.79. The molecule has 1 fully saturated rings. The molecule has 1 aliphatic heterocycles. The minimum absolute atomic E-state index is 0.706. The molecular formula is C16H23N3. The molecule has 3 heteroatoms. The van der Waals surface area contributed by atoms with E-state index in [0.29, 0.717) is 6.04 Å².